The lowest BCUT2D eigenvalue weighted by Gasteiger charge is -2.13. The second kappa shape index (κ2) is 7.59. The van der Waals surface area contributed by atoms with Crippen LogP contribution in [0.1, 0.15) is 26.3 Å². The van der Waals surface area contributed by atoms with Crippen LogP contribution in [0.2, 0.25) is 0 Å². The molecule has 1 aromatic rings. The van der Waals surface area contributed by atoms with E-state index in [2.05, 4.69) is 5.32 Å². The van der Waals surface area contributed by atoms with Gasteiger partial charge in [0.25, 0.3) is 0 Å². The molecule has 0 aromatic heterocycles. The summed E-state index contributed by atoms with van der Waals surface area (Å²) in [6, 6.07) is 4.68. The lowest BCUT2D eigenvalue weighted by molar-refractivity contribution is 0.317. The number of benzene rings is 1. The average Bonchev–Trinajstić information content (AvgIpc) is 2.38. The summed E-state index contributed by atoms with van der Waals surface area (Å²) in [6.07, 6.45) is 0. The van der Waals surface area contributed by atoms with Gasteiger partial charge < -0.3 is 10.1 Å². The Kier molecular flexibility index (Phi) is 6.42. The summed E-state index contributed by atoms with van der Waals surface area (Å²) >= 11 is 0. The molecule has 0 radical (unpaired) electrons. The highest BCUT2D eigenvalue weighted by Crippen LogP contribution is 2.22. The Morgan fingerprint density at radius 2 is 2.05 bits per heavy atom. The van der Waals surface area contributed by atoms with Crippen molar-refractivity contribution in [2.45, 2.75) is 32.6 Å². The minimum Gasteiger partial charge on any atom is -0.489 e. The minimum absolute atomic E-state index is 0.0411. The van der Waals surface area contributed by atoms with Crippen molar-refractivity contribution in [3.05, 3.63) is 29.6 Å². The second-order valence-corrected chi connectivity index (χ2v) is 7.45. The fourth-order valence-electron chi connectivity index (χ4n) is 1.61. The first-order chi connectivity index (χ1) is 9.38. The van der Waals surface area contributed by atoms with Crippen LogP contribution in [0.15, 0.2) is 18.2 Å². The van der Waals surface area contributed by atoms with Crippen LogP contribution in [0.5, 0.6) is 5.75 Å². The lowest BCUT2D eigenvalue weighted by atomic mass is 10.2. The van der Waals surface area contributed by atoms with Gasteiger partial charge in [-0.15, -0.1) is 0 Å². The third-order valence-corrected chi connectivity index (χ3v) is 5.12. The molecule has 1 N–H and O–H groups in total. The second-order valence-electron chi connectivity index (χ2n) is 4.77. The van der Waals surface area contributed by atoms with Crippen molar-refractivity contribution in [3.63, 3.8) is 0 Å². The van der Waals surface area contributed by atoms with Crippen molar-refractivity contribution in [3.8, 4) is 5.75 Å². The van der Waals surface area contributed by atoms with Gasteiger partial charge in [-0.05, 0) is 26.5 Å². The molecule has 20 heavy (non-hydrogen) atoms. The molecule has 0 saturated heterocycles. The van der Waals surface area contributed by atoms with E-state index in [0.29, 0.717) is 12.1 Å². The van der Waals surface area contributed by atoms with Crippen molar-refractivity contribution in [1.29, 1.82) is 0 Å². The maximum absolute atomic E-state index is 13.8. The Morgan fingerprint density at radius 1 is 1.35 bits per heavy atom. The number of nitrogens with one attached hydrogen (secondary N) is 1. The smallest absolute Gasteiger partial charge is 0.165 e. The molecule has 4 nitrogen and oxygen atoms in total. The van der Waals surface area contributed by atoms with Crippen LogP contribution in [0.4, 0.5) is 4.39 Å². The molecule has 6 heteroatoms. The third-order valence-electron chi connectivity index (χ3n) is 2.95. The van der Waals surface area contributed by atoms with Gasteiger partial charge in [0, 0.05) is 12.1 Å². The van der Waals surface area contributed by atoms with Crippen LogP contribution in [-0.4, -0.2) is 32.6 Å². The average molecular weight is 303 g/mol. The monoisotopic (exact) mass is 303 g/mol. The number of sulfone groups is 1. The molecule has 0 aliphatic rings. The van der Waals surface area contributed by atoms with Gasteiger partial charge in [-0.25, -0.2) is 12.8 Å². The third kappa shape index (κ3) is 4.76. The molecule has 0 amide bonds. The molecule has 1 rings (SSSR count). The molecule has 0 aliphatic carbocycles. The largest absolute Gasteiger partial charge is 0.489 e. The van der Waals surface area contributed by atoms with Gasteiger partial charge in [-0.3, -0.25) is 0 Å². The fourth-order valence-corrected chi connectivity index (χ4v) is 2.40. The maximum atomic E-state index is 13.8. The Balaban J connectivity index is 2.72. The van der Waals surface area contributed by atoms with Crippen LogP contribution in [0.25, 0.3) is 0 Å². The topological polar surface area (TPSA) is 55.4 Å². The van der Waals surface area contributed by atoms with Gasteiger partial charge in [-0.2, -0.15) is 0 Å². The van der Waals surface area contributed by atoms with E-state index in [1.165, 1.54) is 6.07 Å². The van der Waals surface area contributed by atoms with Gasteiger partial charge in [0.1, 0.15) is 6.61 Å². The van der Waals surface area contributed by atoms with Crippen molar-refractivity contribution >= 4 is 9.84 Å². The van der Waals surface area contributed by atoms with Gasteiger partial charge >= 0.3 is 0 Å². The predicted octanol–water partition coefficient (Wildman–Crippen LogP) is 2.14. The molecule has 0 heterocycles. The van der Waals surface area contributed by atoms with E-state index >= 15 is 0 Å². The zero-order chi connectivity index (χ0) is 15.2. The molecule has 0 aliphatic heterocycles. The highest BCUT2D eigenvalue weighted by molar-refractivity contribution is 7.91. The van der Waals surface area contributed by atoms with Gasteiger partial charge in [0.2, 0.25) is 0 Å². The van der Waals surface area contributed by atoms with Crippen LogP contribution >= 0.6 is 0 Å². The minimum atomic E-state index is -3.17. The summed E-state index contributed by atoms with van der Waals surface area (Å²) in [5.41, 5.74) is 0.689. The fraction of sp³-hybridized carbons (Fsp3) is 0.571. The van der Waals surface area contributed by atoms with Crippen LogP contribution < -0.4 is 10.1 Å². The molecule has 114 valence electrons. The highest BCUT2D eigenvalue weighted by Gasteiger charge is 2.17. The van der Waals surface area contributed by atoms with Crippen molar-refractivity contribution in [2.24, 2.45) is 0 Å². The quantitative estimate of drug-likeness (QED) is 0.799. The molecule has 0 bridgehead atoms. The molecule has 0 atom stereocenters. The van der Waals surface area contributed by atoms with Gasteiger partial charge in [0.15, 0.2) is 21.4 Å². The lowest BCUT2D eigenvalue weighted by Crippen LogP contribution is -2.22. The predicted molar refractivity (Wildman–Crippen MR) is 78.2 cm³/mol. The molecular formula is C14H22FNO3S. The molecular weight excluding hydrogens is 281 g/mol. The molecule has 0 fully saturated rings. The number of para-hydroxylation sites is 1. The standard InChI is InChI=1S/C14H22FNO3S/c1-4-16-10-12-6-5-7-13(15)14(12)19-8-9-20(17,18)11(2)3/h5-7,11,16H,4,8-10H2,1-3H3. The Morgan fingerprint density at radius 3 is 2.65 bits per heavy atom. The first-order valence-corrected chi connectivity index (χ1v) is 8.42. The van der Waals surface area contributed by atoms with Crippen molar-refractivity contribution in [1.82, 2.24) is 5.32 Å². The highest BCUT2D eigenvalue weighted by atomic mass is 32.2. The number of rotatable bonds is 8. The van der Waals surface area contributed by atoms with E-state index in [1.807, 2.05) is 6.92 Å². The van der Waals surface area contributed by atoms with E-state index in [9.17, 15) is 12.8 Å². The van der Waals surface area contributed by atoms with E-state index in [1.54, 1.807) is 26.0 Å². The molecule has 0 saturated carbocycles. The zero-order valence-corrected chi connectivity index (χ0v) is 13.0. The van der Waals surface area contributed by atoms with E-state index in [-0.39, 0.29) is 18.1 Å². The summed E-state index contributed by atoms with van der Waals surface area (Å²) in [4.78, 5) is 0. The Bertz CT molecular complexity index is 529. The number of ether oxygens (including phenoxy) is 1. The maximum Gasteiger partial charge on any atom is 0.165 e. The van der Waals surface area contributed by atoms with Crippen LogP contribution in [0.3, 0.4) is 0 Å². The molecule has 0 unspecified atom stereocenters. The molecule has 0 spiro atoms. The van der Waals surface area contributed by atoms with Crippen LogP contribution in [0, 0.1) is 5.82 Å². The first kappa shape index (κ1) is 16.9. The van der Waals surface area contributed by atoms with Gasteiger partial charge in [-0.1, -0.05) is 19.1 Å². The Hall–Kier alpha value is -1.14. The SMILES string of the molecule is CCNCc1cccc(F)c1OCCS(=O)(=O)C(C)C. The van der Waals surface area contributed by atoms with Crippen molar-refractivity contribution < 1.29 is 17.5 Å². The van der Waals surface area contributed by atoms with Crippen LogP contribution in [-0.2, 0) is 16.4 Å². The van der Waals surface area contributed by atoms with Crippen molar-refractivity contribution in [2.75, 3.05) is 18.9 Å². The number of hydrogen-bond donors (Lipinski definition) is 1. The summed E-state index contributed by atoms with van der Waals surface area (Å²) in [5, 5.41) is 2.64. The molecule has 1 aromatic carbocycles. The normalized spacial score (nSPS) is 11.8. The summed E-state index contributed by atoms with van der Waals surface area (Å²) in [5.74, 6) is -0.450. The summed E-state index contributed by atoms with van der Waals surface area (Å²) in [6.45, 7) is 6.40. The number of hydrogen-bond acceptors (Lipinski definition) is 4. The Labute approximate surface area is 120 Å². The van der Waals surface area contributed by atoms with E-state index in [4.69, 9.17) is 4.74 Å². The van der Waals surface area contributed by atoms with E-state index in [0.717, 1.165) is 6.54 Å². The summed E-state index contributed by atoms with van der Waals surface area (Å²) in [7, 11) is -3.17. The van der Waals surface area contributed by atoms with Gasteiger partial charge in [0.05, 0.1) is 11.0 Å². The summed E-state index contributed by atoms with van der Waals surface area (Å²) < 4.78 is 42.5. The number of halogens is 1. The zero-order valence-electron chi connectivity index (χ0n) is 12.1. The van der Waals surface area contributed by atoms with E-state index < -0.39 is 20.9 Å². The first-order valence-electron chi connectivity index (χ1n) is 6.71.